The summed E-state index contributed by atoms with van der Waals surface area (Å²) in [5.41, 5.74) is 11.6. The standard InChI is InChI=1S/C48H79N2O11PS/c1-3-5-7-9-11-13-15-17-18-19-20-21-23-25-27-29-31-36-47(54)58-39-42(40-60-62(56,57)59-38-37-49)61-48(55)43(50)41-63-45(44(51)33-32-35-46(52)53)34-30-28-26-24-22-16-14-12-10-8-6-4-2/h5,7,11-14,17-18,20-22,24,26,28,30,34,42-45,51H,3-4,6,8-10,15-16,19,23,25,27,29,31-33,35-41,49-50H2,1-2H3,(H,52,53)(H,56,57)/b7-5-,13-11-,14-12-,18-17-,21-20-,24-22-,28-26+,34-30+/t42-,43+,44+,45-/m1/s1. The van der Waals surface area contributed by atoms with Gasteiger partial charge in [-0.25, -0.2) is 4.57 Å². The molecule has 0 fully saturated rings. The molecule has 15 heteroatoms. The molecule has 0 amide bonds. The van der Waals surface area contributed by atoms with Crippen molar-refractivity contribution < 1.29 is 52.6 Å². The van der Waals surface area contributed by atoms with Crippen LogP contribution in [0.3, 0.4) is 0 Å². The summed E-state index contributed by atoms with van der Waals surface area (Å²) >= 11 is 1.19. The number of carbonyl (C=O) groups is 3. The second-order valence-corrected chi connectivity index (χ2v) is 17.4. The van der Waals surface area contributed by atoms with E-state index in [1.807, 2.05) is 24.3 Å². The van der Waals surface area contributed by atoms with E-state index in [2.05, 4.69) is 74.6 Å². The van der Waals surface area contributed by atoms with Gasteiger partial charge in [0, 0.05) is 30.4 Å². The topological polar surface area (TPSA) is 218 Å². The summed E-state index contributed by atoms with van der Waals surface area (Å²) in [6.07, 6.45) is 44.8. The highest BCUT2D eigenvalue weighted by atomic mass is 32.2. The summed E-state index contributed by atoms with van der Waals surface area (Å²) < 4.78 is 32.9. The molecular formula is C48H79N2O11PS. The molecule has 7 N–H and O–H groups in total. The summed E-state index contributed by atoms with van der Waals surface area (Å²) in [5, 5.41) is 19.4. The van der Waals surface area contributed by atoms with Crippen molar-refractivity contribution in [2.24, 2.45) is 11.5 Å². The van der Waals surface area contributed by atoms with Crippen LogP contribution in [-0.4, -0.2) is 88.6 Å². The predicted octanol–water partition coefficient (Wildman–Crippen LogP) is 9.92. The van der Waals surface area contributed by atoms with Gasteiger partial charge in [0.1, 0.15) is 12.6 Å². The Morgan fingerprint density at radius 2 is 1.32 bits per heavy atom. The number of hydrogen-bond donors (Lipinski definition) is 5. The number of ether oxygens (including phenoxy) is 2. The number of unbranched alkanes of at least 4 members (excludes halogenated alkanes) is 7. The monoisotopic (exact) mass is 923 g/mol. The van der Waals surface area contributed by atoms with Gasteiger partial charge in [-0.2, -0.15) is 0 Å². The molecule has 0 aromatic rings. The van der Waals surface area contributed by atoms with Crippen LogP contribution in [0.4, 0.5) is 0 Å². The highest BCUT2D eigenvalue weighted by Crippen LogP contribution is 2.43. The smallest absolute Gasteiger partial charge is 0.472 e. The number of carbonyl (C=O) groups excluding carboxylic acids is 2. The summed E-state index contributed by atoms with van der Waals surface area (Å²) in [6, 6.07) is -1.20. The van der Waals surface area contributed by atoms with Crippen LogP contribution in [0.15, 0.2) is 97.2 Å². The molecule has 63 heavy (non-hydrogen) atoms. The zero-order valence-electron chi connectivity index (χ0n) is 37.9. The lowest BCUT2D eigenvalue weighted by Crippen LogP contribution is -2.40. The Balaban J connectivity index is 5.11. The maximum Gasteiger partial charge on any atom is 0.472 e. The van der Waals surface area contributed by atoms with Crippen molar-refractivity contribution in [3.05, 3.63) is 97.2 Å². The molecule has 0 spiro atoms. The minimum atomic E-state index is -4.55. The maximum atomic E-state index is 13.1. The number of carboxylic acid groups (broad SMARTS) is 1. The van der Waals surface area contributed by atoms with E-state index in [0.29, 0.717) is 6.42 Å². The fourth-order valence-electron chi connectivity index (χ4n) is 5.46. The molecular weight excluding hydrogens is 844 g/mol. The average Bonchev–Trinajstić information content (AvgIpc) is 3.25. The Morgan fingerprint density at radius 3 is 1.95 bits per heavy atom. The minimum Gasteiger partial charge on any atom is -0.481 e. The molecule has 5 atom stereocenters. The fourth-order valence-corrected chi connectivity index (χ4v) is 7.35. The molecule has 0 heterocycles. The van der Waals surface area contributed by atoms with E-state index in [1.54, 1.807) is 12.2 Å². The Morgan fingerprint density at radius 1 is 0.714 bits per heavy atom. The second-order valence-electron chi connectivity index (χ2n) is 14.7. The van der Waals surface area contributed by atoms with Crippen LogP contribution in [0, 0.1) is 0 Å². The number of phosphoric ester groups is 1. The number of allylic oxidation sites excluding steroid dienone is 15. The number of phosphoric acid groups is 1. The highest BCUT2D eigenvalue weighted by Gasteiger charge is 2.28. The highest BCUT2D eigenvalue weighted by molar-refractivity contribution is 8.00. The number of esters is 2. The van der Waals surface area contributed by atoms with Gasteiger partial charge in [0.15, 0.2) is 6.10 Å². The molecule has 0 aromatic heterocycles. The van der Waals surface area contributed by atoms with Gasteiger partial charge in [-0.1, -0.05) is 137 Å². The first-order chi connectivity index (χ1) is 30.4. The second kappa shape index (κ2) is 42.6. The van der Waals surface area contributed by atoms with Crippen LogP contribution >= 0.6 is 19.6 Å². The van der Waals surface area contributed by atoms with Crippen molar-refractivity contribution in [2.75, 3.05) is 32.1 Å². The van der Waals surface area contributed by atoms with Gasteiger partial charge < -0.3 is 36.0 Å². The van der Waals surface area contributed by atoms with Crippen LogP contribution in [0.2, 0.25) is 0 Å². The normalized spacial score (nSPS) is 15.5. The Kier molecular flexibility index (Phi) is 40.4. The summed E-state index contributed by atoms with van der Waals surface area (Å²) in [7, 11) is -4.55. The van der Waals surface area contributed by atoms with E-state index in [9.17, 15) is 28.9 Å². The maximum absolute atomic E-state index is 13.1. The van der Waals surface area contributed by atoms with Gasteiger partial charge in [0.2, 0.25) is 0 Å². The largest absolute Gasteiger partial charge is 0.481 e. The van der Waals surface area contributed by atoms with Crippen LogP contribution < -0.4 is 11.5 Å². The number of nitrogens with two attached hydrogens (primary N) is 2. The van der Waals surface area contributed by atoms with Gasteiger partial charge in [-0.05, 0) is 77.0 Å². The molecule has 0 saturated carbocycles. The number of aliphatic hydroxyl groups excluding tert-OH is 1. The van der Waals surface area contributed by atoms with Gasteiger partial charge in [0.05, 0.1) is 19.3 Å². The van der Waals surface area contributed by atoms with Crippen molar-refractivity contribution in [1.82, 2.24) is 0 Å². The molecule has 0 aliphatic rings. The minimum absolute atomic E-state index is 0.00574. The van der Waals surface area contributed by atoms with E-state index in [-0.39, 0.29) is 44.6 Å². The molecule has 13 nitrogen and oxygen atoms in total. The first-order valence-electron chi connectivity index (χ1n) is 22.7. The van der Waals surface area contributed by atoms with Crippen molar-refractivity contribution in [3.8, 4) is 0 Å². The number of aliphatic carboxylic acids is 1. The van der Waals surface area contributed by atoms with E-state index in [1.165, 1.54) is 31.0 Å². The first kappa shape index (κ1) is 59.7. The van der Waals surface area contributed by atoms with E-state index >= 15 is 0 Å². The van der Waals surface area contributed by atoms with Crippen LogP contribution in [-0.2, 0) is 37.5 Å². The van der Waals surface area contributed by atoms with Gasteiger partial charge >= 0.3 is 25.7 Å². The molecule has 0 aliphatic carbocycles. The molecule has 1 unspecified atom stereocenters. The third-order valence-electron chi connectivity index (χ3n) is 8.95. The van der Waals surface area contributed by atoms with E-state index < -0.39 is 62.4 Å². The molecule has 0 rings (SSSR count). The van der Waals surface area contributed by atoms with Gasteiger partial charge in [-0.15, -0.1) is 11.8 Å². The third-order valence-corrected chi connectivity index (χ3v) is 11.3. The van der Waals surface area contributed by atoms with Crippen molar-refractivity contribution in [3.63, 3.8) is 0 Å². The summed E-state index contributed by atoms with van der Waals surface area (Å²) in [4.78, 5) is 46.7. The van der Waals surface area contributed by atoms with Crippen molar-refractivity contribution in [2.45, 2.75) is 153 Å². The molecule has 0 saturated heterocycles. The zero-order valence-corrected chi connectivity index (χ0v) is 39.6. The number of thioether (sulfide) groups is 1. The lowest BCUT2D eigenvalue weighted by Gasteiger charge is -2.23. The Labute approximate surface area is 382 Å². The van der Waals surface area contributed by atoms with E-state index in [4.69, 9.17) is 35.1 Å². The molecule has 358 valence electrons. The first-order valence-corrected chi connectivity index (χ1v) is 25.2. The quantitative estimate of drug-likeness (QED) is 0.0127. The number of carboxylic acids is 1. The Bertz CT molecular complexity index is 1480. The summed E-state index contributed by atoms with van der Waals surface area (Å²) in [6.45, 7) is 2.95. The molecule has 0 aliphatic heterocycles. The average molecular weight is 923 g/mol. The fraction of sp³-hybridized carbons (Fsp3) is 0.604. The van der Waals surface area contributed by atoms with Crippen LogP contribution in [0.1, 0.15) is 129 Å². The number of hydrogen-bond acceptors (Lipinski definition) is 12. The van der Waals surface area contributed by atoms with Crippen LogP contribution in [0.25, 0.3) is 0 Å². The lowest BCUT2D eigenvalue weighted by molar-refractivity contribution is -0.161. The van der Waals surface area contributed by atoms with Crippen molar-refractivity contribution >= 4 is 37.5 Å². The van der Waals surface area contributed by atoms with Crippen molar-refractivity contribution in [1.29, 1.82) is 0 Å². The zero-order chi connectivity index (χ0) is 46.7. The SMILES string of the molecule is CC/C=C\C/C=C\C/C=C\C/C=C\CCCCCCC(=O)OC[C@H](COP(=O)(O)OCCN)OC(=O)[C@@H](N)CS[C@H](/C=C/C=C/C=C\C/C=C\CCCCC)[C@@H](O)CCCC(=O)O. The molecule has 0 bridgehead atoms. The molecule has 0 radical (unpaired) electrons. The van der Waals surface area contributed by atoms with E-state index in [0.717, 1.165) is 64.2 Å². The van der Waals surface area contributed by atoms with Gasteiger partial charge in [-0.3, -0.25) is 23.4 Å². The lowest BCUT2D eigenvalue weighted by atomic mass is 10.1. The number of rotatable bonds is 41. The van der Waals surface area contributed by atoms with Gasteiger partial charge in [0.25, 0.3) is 0 Å². The summed E-state index contributed by atoms with van der Waals surface area (Å²) in [5.74, 6) is -2.36. The molecule has 0 aromatic carbocycles. The number of aliphatic hydroxyl groups is 1. The third kappa shape index (κ3) is 40.0. The van der Waals surface area contributed by atoms with Crippen LogP contribution in [0.5, 0.6) is 0 Å². The predicted molar refractivity (Wildman–Crippen MR) is 257 cm³/mol. The Hall–Kier alpha value is -3.33.